The summed E-state index contributed by atoms with van der Waals surface area (Å²) < 4.78 is 5.54. The predicted octanol–water partition coefficient (Wildman–Crippen LogP) is 2.77. The van der Waals surface area contributed by atoms with Crippen LogP contribution in [0.4, 0.5) is 4.79 Å². The number of rotatable bonds is 5. The highest BCUT2D eigenvalue weighted by atomic mass is 32.1. The third kappa shape index (κ3) is 4.05. The number of hydrogen-bond acceptors (Lipinski definition) is 4. The zero-order valence-corrected chi connectivity index (χ0v) is 14.4. The van der Waals surface area contributed by atoms with Crippen molar-refractivity contribution in [3.05, 3.63) is 22.4 Å². The number of aliphatic hydroxyl groups excluding tert-OH is 1. The van der Waals surface area contributed by atoms with Crippen LogP contribution in [0.1, 0.15) is 43.6 Å². The minimum absolute atomic E-state index is 0.0175. The Morgan fingerprint density at radius 1 is 1.57 bits per heavy atom. The smallest absolute Gasteiger partial charge is 0.318 e. The monoisotopic (exact) mass is 338 g/mol. The molecule has 3 unspecified atom stereocenters. The molecule has 1 aromatic heterocycles. The van der Waals surface area contributed by atoms with Gasteiger partial charge in [-0.1, -0.05) is 12.5 Å². The lowest BCUT2D eigenvalue weighted by molar-refractivity contribution is -0.00749. The van der Waals surface area contributed by atoms with Crippen molar-refractivity contribution in [2.45, 2.75) is 50.8 Å². The minimum atomic E-state index is -0.541. The molecule has 1 aliphatic carbocycles. The fourth-order valence-electron chi connectivity index (χ4n) is 3.31. The maximum Gasteiger partial charge on any atom is 0.318 e. The van der Waals surface area contributed by atoms with Gasteiger partial charge in [0.25, 0.3) is 0 Å². The van der Waals surface area contributed by atoms with E-state index in [0.29, 0.717) is 32.1 Å². The average molecular weight is 338 g/mol. The highest BCUT2D eigenvalue weighted by Crippen LogP contribution is 2.30. The van der Waals surface area contributed by atoms with Crippen LogP contribution in [-0.2, 0) is 4.74 Å². The number of nitrogens with zero attached hydrogens (tertiary/aromatic N) is 1. The molecule has 1 aliphatic heterocycles. The maximum atomic E-state index is 12.6. The zero-order chi connectivity index (χ0) is 16.2. The van der Waals surface area contributed by atoms with Crippen molar-refractivity contribution in [1.82, 2.24) is 10.2 Å². The van der Waals surface area contributed by atoms with E-state index >= 15 is 0 Å². The zero-order valence-electron chi connectivity index (χ0n) is 13.6. The number of hydrogen-bond donors (Lipinski definition) is 2. The molecule has 2 fully saturated rings. The van der Waals surface area contributed by atoms with Crippen LogP contribution in [0.15, 0.2) is 17.5 Å². The van der Waals surface area contributed by atoms with Gasteiger partial charge in [0.15, 0.2) is 0 Å². The number of morpholine rings is 1. The molecule has 1 saturated heterocycles. The van der Waals surface area contributed by atoms with E-state index in [4.69, 9.17) is 4.74 Å². The van der Waals surface area contributed by atoms with E-state index in [0.717, 1.165) is 4.88 Å². The van der Waals surface area contributed by atoms with E-state index in [1.807, 2.05) is 22.4 Å². The number of carbonyl (C=O) groups excluding carboxylic acids is 1. The van der Waals surface area contributed by atoms with Gasteiger partial charge in [-0.05, 0) is 37.1 Å². The first-order valence-corrected chi connectivity index (χ1v) is 9.39. The third-order valence-electron chi connectivity index (χ3n) is 5.06. The molecule has 6 heteroatoms. The molecule has 3 atom stereocenters. The van der Waals surface area contributed by atoms with Crippen molar-refractivity contribution in [2.75, 3.05) is 19.8 Å². The topological polar surface area (TPSA) is 61.8 Å². The van der Waals surface area contributed by atoms with E-state index in [2.05, 4.69) is 12.2 Å². The lowest BCUT2D eigenvalue weighted by Crippen LogP contribution is -2.55. The second-order valence-electron chi connectivity index (χ2n) is 6.62. The molecule has 1 aromatic rings. The summed E-state index contributed by atoms with van der Waals surface area (Å²) in [5.41, 5.74) is 0. The summed E-state index contributed by atoms with van der Waals surface area (Å²) in [5, 5.41) is 15.5. The van der Waals surface area contributed by atoms with Gasteiger partial charge in [-0.15, -0.1) is 11.3 Å². The number of nitrogens with one attached hydrogen (secondary N) is 1. The predicted molar refractivity (Wildman–Crippen MR) is 90.5 cm³/mol. The van der Waals surface area contributed by atoms with Gasteiger partial charge in [-0.3, -0.25) is 0 Å². The Hall–Kier alpha value is -1.11. The Morgan fingerprint density at radius 3 is 3.04 bits per heavy atom. The molecule has 3 rings (SSSR count). The Balaban J connectivity index is 1.57. The van der Waals surface area contributed by atoms with Gasteiger partial charge in [0, 0.05) is 23.9 Å². The first-order valence-electron chi connectivity index (χ1n) is 8.51. The molecular formula is C17H26N2O3S. The van der Waals surface area contributed by atoms with Gasteiger partial charge in [0.05, 0.1) is 25.4 Å². The summed E-state index contributed by atoms with van der Waals surface area (Å²) in [5.74, 6) is 0.621. The number of thiophene rings is 1. The number of amides is 2. The lowest BCUT2D eigenvalue weighted by Gasteiger charge is -2.39. The molecule has 5 nitrogen and oxygen atoms in total. The van der Waals surface area contributed by atoms with Crippen LogP contribution in [0, 0.1) is 5.92 Å². The average Bonchev–Trinajstić information content (AvgIpc) is 3.00. The van der Waals surface area contributed by atoms with E-state index in [-0.39, 0.29) is 18.1 Å². The van der Waals surface area contributed by atoms with Crippen LogP contribution in [-0.4, -0.2) is 47.9 Å². The summed E-state index contributed by atoms with van der Waals surface area (Å²) >= 11 is 1.54. The second kappa shape index (κ2) is 7.64. The molecule has 2 aliphatic rings. The molecule has 0 bridgehead atoms. The molecule has 2 heterocycles. The standard InChI is InChI=1S/C17H26N2O3S/c1-12(13-4-2-5-13)18-17(21)19-7-8-22-11-14(19)10-15(20)16-6-3-9-23-16/h3,6,9,12-15,20H,2,4-5,7-8,10-11H2,1H3,(H,18,21). The molecule has 1 saturated carbocycles. The first-order chi connectivity index (χ1) is 11.1. The number of ether oxygens (including phenoxy) is 1. The Morgan fingerprint density at radius 2 is 2.39 bits per heavy atom. The van der Waals surface area contributed by atoms with Crippen LogP contribution in [0.2, 0.25) is 0 Å². The van der Waals surface area contributed by atoms with E-state index in [9.17, 15) is 9.90 Å². The number of aliphatic hydroxyl groups is 1. The van der Waals surface area contributed by atoms with Gasteiger partial charge in [-0.25, -0.2) is 4.79 Å². The highest BCUT2D eigenvalue weighted by Gasteiger charge is 2.32. The Kier molecular flexibility index (Phi) is 5.56. The molecule has 0 radical (unpaired) electrons. The molecule has 23 heavy (non-hydrogen) atoms. The Labute approximate surface area is 141 Å². The van der Waals surface area contributed by atoms with Crippen molar-refractivity contribution in [3.63, 3.8) is 0 Å². The van der Waals surface area contributed by atoms with Gasteiger partial charge in [0.2, 0.25) is 0 Å². The van der Waals surface area contributed by atoms with E-state index in [1.165, 1.54) is 19.3 Å². The van der Waals surface area contributed by atoms with Crippen molar-refractivity contribution in [2.24, 2.45) is 5.92 Å². The fraction of sp³-hybridized carbons (Fsp3) is 0.706. The molecule has 0 aromatic carbocycles. The number of carbonyl (C=O) groups is 1. The summed E-state index contributed by atoms with van der Waals surface area (Å²) in [7, 11) is 0. The molecule has 2 N–H and O–H groups in total. The highest BCUT2D eigenvalue weighted by molar-refractivity contribution is 7.10. The van der Waals surface area contributed by atoms with Crippen LogP contribution < -0.4 is 5.32 Å². The summed E-state index contributed by atoms with van der Waals surface area (Å²) in [6.45, 7) is 3.74. The van der Waals surface area contributed by atoms with Crippen molar-refractivity contribution in [1.29, 1.82) is 0 Å². The van der Waals surface area contributed by atoms with Crippen molar-refractivity contribution >= 4 is 17.4 Å². The third-order valence-corrected chi connectivity index (χ3v) is 6.04. The van der Waals surface area contributed by atoms with E-state index < -0.39 is 6.10 Å². The van der Waals surface area contributed by atoms with Crippen molar-refractivity contribution < 1.29 is 14.6 Å². The van der Waals surface area contributed by atoms with Crippen LogP contribution in [0.5, 0.6) is 0 Å². The normalized spacial score (nSPS) is 24.8. The van der Waals surface area contributed by atoms with Crippen LogP contribution >= 0.6 is 11.3 Å². The van der Waals surface area contributed by atoms with Crippen molar-refractivity contribution in [3.8, 4) is 0 Å². The Bertz CT molecular complexity index is 504. The summed E-state index contributed by atoms with van der Waals surface area (Å²) in [4.78, 5) is 15.4. The second-order valence-corrected chi connectivity index (χ2v) is 7.60. The summed E-state index contributed by atoms with van der Waals surface area (Å²) in [6, 6.07) is 4.00. The lowest BCUT2D eigenvalue weighted by atomic mass is 9.80. The van der Waals surface area contributed by atoms with Gasteiger partial charge >= 0.3 is 6.03 Å². The maximum absolute atomic E-state index is 12.6. The van der Waals surface area contributed by atoms with Gasteiger partial charge in [0.1, 0.15) is 0 Å². The molecule has 2 amide bonds. The fourth-order valence-corrected chi connectivity index (χ4v) is 4.03. The van der Waals surface area contributed by atoms with Gasteiger partial charge < -0.3 is 20.1 Å². The van der Waals surface area contributed by atoms with Gasteiger partial charge in [-0.2, -0.15) is 0 Å². The van der Waals surface area contributed by atoms with Crippen LogP contribution in [0.3, 0.4) is 0 Å². The van der Waals surface area contributed by atoms with E-state index in [1.54, 1.807) is 11.3 Å². The molecule has 128 valence electrons. The molecular weight excluding hydrogens is 312 g/mol. The SMILES string of the molecule is CC(NC(=O)N1CCOCC1CC(O)c1cccs1)C1CCC1. The quantitative estimate of drug-likeness (QED) is 0.868. The minimum Gasteiger partial charge on any atom is -0.387 e. The van der Waals surface area contributed by atoms with Crippen LogP contribution in [0.25, 0.3) is 0 Å². The first kappa shape index (κ1) is 16.7. The number of urea groups is 1. The molecule has 0 spiro atoms. The largest absolute Gasteiger partial charge is 0.387 e. The summed E-state index contributed by atoms with van der Waals surface area (Å²) in [6.07, 6.45) is 3.68.